The molecule has 0 amide bonds. The van der Waals surface area contributed by atoms with Gasteiger partial charge in [0, 0.05) is 18.0 Å². The fourth-order valence-corrected chi connectivity index (χ4v) is 1.46. The lowest BCUT2D eigenvalue weighted by molar-refractivity contribution is 0.433. The molecule has 0 saturated carbocycles. The smallest absolute Gasteiger partial charge is 0.348 e. The molecule has 18 heavy (non-hydrogen) atoms. The predicted octanol–water partition coefficient (Wildman–Crippen LogP) is 2.11. The largest absolute Gasteiger partial charge is 0.507 e. The van der Waals surface area contributed by atoms with Crippen LogP contribution in [0.25, 0.3) is 0 Å². The number of nitrogens with zero attached hydrogens (tertiary/aromatic N) is 2. The van der Waals surface area contributed by atoms with Gasteiger partial charge < -0.3 is 9.52 Å². The lowest BCUT2D eigenvalue weighted by atomic mass is 10.2. The van der Waals surface area contributed by atoms with Gasteiger partial charge in [0.1, 0.15) is 17.1 Å². The van der Waals surface area contributed by atoms with Gasteiger partial charge in [-0.25, -0.2) is 14.8 Å². The van der Waals surface area contributed by atoms with E-state index in [2.05, 4.69) is 9.98 Å². The predicted molar refractivity (Wildman–Crippen MR) is 67.6 cm³/mol. The molecule has 2 heterocycles. The molecule has 0 aromatic carbocycles. The monoisotopic (exact) mass is 244 g/mol. The molecule has 0 saturated heterocycles. The number of aryl methyl sites for hydroxylation is 2. The van der Waals surface area contributed by atoms with E-state index in [1.807, 2.05) is 19.1 Å². The van der Waals surface area contributed by atoms with Crippen molar-refractivity contribution in [2.75, 3.05) is 0 Å². The van der Waals surface area contributed by atoms with Crippen molar-refractivity contribution < 1.29 is 9.52 Å². The Morgan fingerprint density at radius 1 is 1.39 bits per heavy atom. The van der Waals surface area contributed by atoms with Crippen molar-refractivity contribution in [2.45, 2.75) is 13.8 Å². The second-order valence-electron chi connectivity index (χ2n) is 3.84. The lowest BCUT2D eigenvalue weighted by Gasteiger charge is -1.98. The highest BCUT2D eigenvalue weighted by Crippen LogP contribution is 2.14. The van der Waals surface area contributed by atoms with Gasteiger partial charge in [-0.3, -0.25) is 0 Å². The summed E-state index contributed by atoms with van der Waals surface area (Å²) < 4.78 is 4.87. The maximum absolute atomic E-state index is 11.5. The van der Waals surface area contributed by atoms with Gasteiger partial charge in [0.05, 0.1) is 0 Å². The molecule has 2 aromatic rings. The van der Waals surface area contributed by atoms with Crippen LogP contribution in [0.3, 0.4) is 0 Å². The van der Waals surface area contributed by atoms with Crippen LogP contribution in [0, 0.1) is 13.8 Å². The van der Waals surface area contributed by atoms with Crippen molar-refractivity contribution in [3.8, 4) is 5.75 Å². The van der Waals surface area contributed by atoms with Gasteiger partial charge in [-0.1, -0.05) is 6.07 Å². The lowest BCUT2D eigenvalue weighted by Crippen LogP contribution is -2.07. The average Bonchev–Trinajstić information content (AvgIpc) is 2.27. The van der Waals surface area contributed by atoms with E-state index in [1.54, 1.807) is 13.0 Å². The highest BCUT2D eigenvalue weighted by Gasteiger charge is 2.06. The molecule has 0 aliphatic rings. The van der Waals surface area contributed by atoms with Crippen LogP contribution < -0.4 is 5.63 Å². The number of aromatic nitrogens is 1. The van der Waals surface area contributed by atoms with Crippen LogP contribution >= 0.6 is 0 Å². The number of hydrogen-bond acceptors (Lipinski definition) is 5. The summed E-state index contributed by atoms with van der Waals surface area (Å²) >= 11 is 0. The maximum atomic E-state index is 11.5. The summed E-state index contributed by atoms with van der Waals surface area (Å²) in [7, 11) is 0. The van der Waals surface area contributed by atoms with Gasteiger partial charge in [-0.15, -0.1) is 0 Å². The zero-order valence-corrected chi connectivity index (χ0v) is 10.0. The number of hydrogen-bond donors (Lipinski definition) is 1. The van der Waals surface area contributed by atoms with Crippen LogP contribution in [0.15, 0.2) is 38.5 Å². The molecule has 5 heteroatoms. The average molecular weight is 244 g/mol. The summed E-state index contributed by atoms with van der Waals surface area (Å²) in [6, 6.07) is 6.73. The van der Waals surface area contributed by atoms with E-state index in [4.69, 9.17) is 4.42 Å². The molecule has 0 radical (unpaired) electrons. The minimum absolute atomic E-state index is 0.0175. The summed E-state index contributed by atoms with van der Waals surface area (Å²) in [5.41, 5.74) is 0.220. The van der Waals surface area contributed by atoms with E-state index >= 15 is 0 Å². The minimum Gasteiger partial charge on any atom is -0.507 e. The van der Waals surface area contributed by atoms with Crippen LogP contribution in [-0.4, -0.2) is 16.3 Å². The Morgan fingerprint density at radius 3 is 2.83 bits per heavy atom. The van der Waals surface area contributed by atoms with E-state index in [9.17, 15) is 9.90 Å². The van der Waals surface area contributed by atoms with Crippen molar-refractivity contribution in [2.24, 2.45) is 4.99 Å². The van der Waals surface area contributed by atoms with Gasteiger partial charge in [0.15, 0.2) is 5.82 Å². The van der Waals surface area contributed by atoms with Crippen LogP contribution in [0.5, 0.6) is 5.75 Å². The Balaban J connectivity index is 2.38. The van der Waals surface area contributed by atoms with Gasteiger partial charge in [0.2, 0.25) is 0 Å². The van der Waals surface area contributed by atoms with Crippen molar-refractivity contribution in [3.63, 3.8) is 0 Å². The normalized spacial score (nSPS) is 11.0. The summed E-state index contributed by atoms with van der Waals surface area (Å²) in [4.78, 5) is 19.7. The van der Waals surface area contributed by atoms with Crippen molar-refractivity contribution in [3.05, 3.63) is 51.7 Å². The Labute approximate surface area is 103 Å². The first-order chi connectivity index (χ1) is 8.56. The molecule has 0 spiro atoms. The topological polar surface area (TPSA) is 75.7 Å². The van der Waals surface area contributed by atoms with Crippen LogP contribution in [0.2, 0.25) is 0 Å². The second kappa shape index (κ2) is 4.83. The molecule has 0 aliphatic carbocycles. The first-order valence-corrected chi connectivity index (χ1v) is 5.38. The standard InChI is InChI=1S/C13H12N2O3/c1-8-4-3-5-12(15-8)14-7-10-11(16)6-9(2)18-13(10)17/h3-7,16H,1-2H3/b14-7+. The Hall–Kier alpha value is -2.43. The van der Waals surface area contributed by atoms with E-state index in [0.717, 1.165) is 5.69 Å². The molecule has 0 unspecified atom stereocenters. The van der Waals surface area contributed by atoms with Gasteiger partial charge in [-0.2, -0.15) is 0 Å². The third-order valence-electron chi connectivity index (χ3n) is 2.29. The third kappa shape index (κ3) is 2.63. The molecule has 92 valence electrons. The second-order valence-corrected chi connectivity index (χ2v) is 3.84. The van der Waals surface area contributed by atoms with E-state index in [1.165, 1.54) is 12.3 Å². The quantitative estimate of drug-likeness (QED) is 0.821. The minimum atomic E-state index is -0.621. The van der Waals surface area contributed by atoms with E-state index in [-0.39, 0.29) is 11.3 Å². The van der Waals surface area contributed by atoms with Crippen molar-refractivity contribution in [1.29, 1.82) is 0 Å². The summed E-state index contributed by atoms with van der Waals surface area (Å²) in [6.45, 7) is 3.43. The van der Waals surface area contributed by atoms with Gasteiger partial charge in [-0.05, 0) is 26.0 Å². The number of pyridine rings is 1. The summed E-state index contributed by atoms with van der Waals surface area (Å²) in [6.07, 6.45) is 1.25. The number of aliphatic imine (C=N–C) groups is 1. The van der Waals surface area contributed by atoms with E-state index < -0.39 is 5.63 Å². The number of aromatic hydroxyl groups is 1. The van der Waals surface area contributed by atoms with Crippen LogP contribution in [0.4, 0.5) is 5.82 Å². The Bertz CT molecular complexity index is 660. The fraction of sp³-hybridized carbons (Fsp3) is 0.154. The fourth-order valence-electron chi connectivity index (χ4n) is 1.46. The summed E-state index contributed by atoms with van der Waals surface area (Å²) in [5, 5.41) is 9.63. The molecule has 0 atom stereocenters. The Morgan fingerprint density at radius 2 is 2.17 bits per heavy atom. The van der Waals surface area contributed by atoms with Crippen LogP contribution in [0.1, 0.15) is 17.0 Å². The van der Waals surface area contributed by atoms with Gasteiger partial charge >= 0.3 is 5.63 Å². The van der Waals surface area contributed by atoms with Crippen molar-refractivity contribution in [1.82, 2.24) is 4.98 Å². The highest BCUT2D eigenvalue weighted by molar-refractivity contribution is 5.84. The molecule has 2 rings (SSSR count). The first kappa shape index (κ1) is 12.0. The molecular weight excluding hydrogens is 232 g/mol. The Kier molecular flexibility index (Phi) is 3.23. The molecule has 5 nitrogen and oxygen atoms in total. The highest BCUT2D eigenvalue weighted by atomic mass is 16.4. The number of rotatable bonds is 2. The van der Waals surface area contributed by atoms with Crippen LogP contribution in [-0.2, 0) is 0 Å². The van der Waals surface area contributed by atoms with E-state index in [0.29, 0.717) is 11.6 Å². The first-order valence-electron chi connectivity index (χ1n) is 5.38. The molecule has 0 bridgehead atoms. The molecule has 1 N–H and O–H groups in total. The zero-order valence-electron chi connectivity index (χ0n) is 10.0. The molecular formula is C13H12N2O3. The van der Waals surface area contributed by atoms with Gasteiger partial charge in [0.25, 0.3) is 0 Å². The zero-order chi connectivity index (χ0) is 13.1. The molecule has 0 aliphatic heterocycles. The summed E-state index contributed by atoms with van der Waals surface area (Å²) in [5.74, 6) is 0.665. The van der Waals surface area contributed by atoms with Crippen molar-refractivity contribution >= 4 is 12.0 Å². The molecule has 0 fully saturated rings. The molecule has 2 aromatic heterocycles. The SMILES string of the molecule is Cc1cccc(/N=C/c2c(O)cc(C)oc2=O)n1. The third-order valence-corrected chi connectivity index (χ3v) is 2.29. The maximum Gasteiger partial charge on any atom is 0.348 e.